The Hall–Kier alpha value is -0.740. The number of rotatable bonds is 5. The molecule has 0 amide bonds. The fourth-order valence-corrected chi connectivity index (χ4v) is 3.02. The van der Waals surface area contributed by atoms with Gasteiger partial charge in [0.05, 0.1) is 5.02 Å². The van der Waals surface area contributed by atoms with Crippen LogP contribution >= 0.6 is 34.5 Å². The molecular formula is C14H15Cl2NOS. The van der Waals surface area contributed by atoms with Crippen LogP contribution in [0.25, 0.3) is 0 Å². The van der Waals surface area contributed by atoms with Crippen molar-refractivity contribution >= 4 is 34.5 Å². The number of benzene rings is 1. The summed E-state index contributed by atoms with van der Waals surface area (Å²) in [5.41, 5.74) is 6.79. The van der Waals surface area contributed by atoms with Crippen molar-refractivity contribution in [2.24, 2.45) is 5.73 Å². The fourth-order valence-electron chi connectivity index (χ4n) is 1.81. The highest BCUT2D eigenvalue weighted by molar-refractivity contribution is 7.09. The molecule has 0 aliphatic rings. The molecule has 0 saturated carbocycles. The second-order valence-corrected chi connectivity index (χ2v) is 6.30. The molecule has 102 valence electrons. The zero-order chi connectivity index (χ0) is 13.8. The molecule has 0 aliphatic heterocycles. The largest absolute Gasteiger partial charge is 0.486 e. The van der Waals surface area contributed by atoms with E-state index in [1.54, 1.807) is 17.4 Å². The van der Waals surface area contributed by atoms with E-state index in [4.69, 9.17) is 33.7 Å². The van der Waals surface area contributed by atoms with Crippen molar-refractivity contribution in [3.8, 4) is 5.75 Å². The first-order valence-electron chi connectivity index (χ1n) is 5.95. The first-order valence-corrected chi connectivity index (χ1v) is 7.58. The summed E-state index contributed by atoms with van der Waals surface area (Å²) >= 11 is 13.9. The van der Waals surface area contributed by atoms with Crippen LogP contribution in [-0.4, -0.2) is 6.04 Å². The lowest BCUT2D eigenvalue weighted by Gasteiger charge is -2.15. The Labute approximate surface area is 127 Å². The molecule has 0 radical (unpaired) electrons. The third-order valence-corrected chi connectivity index (χ3v) is 3.91. The molecule has 1 atom stereocenters. The Morgan fingerprint density at radius 3 is 2.79 bits per heavy atom. The number of halogens is 2. The molecule has 0 aliphatic carbocycles. The third-order valence-electron chi connectivity index (χ3n) is 2.57. The van der Waals surface area contributed by atoms with Gasteiger partial charge in [0.1, 0.15) is 12.4 Å². The lowest BCUT2D eigenvalue weighted by atomic mass is 10.1. The topological polar surface area (TPSA) is 35.2 Å². The molecule has 19 heavy (non-hydrogen) atoms. The van der Waals surface area contributed by atoms with E-state index < -0.39 is 0 Å². The van der Waals surface area contributed by atoms with E-state index in [9.17, 15) is 0 Å². The fraction of sp³-hybridized carbons (Fsp3) is 0.286. The number of nitrogens with two attached hydrogens (primary N) is 1. The van der Waals surface area contributed by atoms with E-state index in [-0.39, 0.29) is 6.04 Å². The minimum atomic E-state index is 0.0265. The summed E-state index contributed by atoms with van der Waals surface area (Å²) in [6.45, 7) is 2.45. The summed E-state index contributed by atoms with van der Waals surface area (Å²) in [5.74, 6) is 0.678. The van der Waals surface area contributed by atoms with Gasteiger partial charge in [-0.15, -0.1) is 11.3 Å². The molecule has 1 heterocycles. The Morgan fingerprint density at radius 2 is 2.16 bits per heavy atom. The minimum Gasteiger partial charge on any atom is -0.486 e. The van der Waals surface area contributed by atoms with Gasteiger partial charge in [-0.1, -0.05) is 29.3 Å². The smallest absolute Gasteiger partial charge is 0.141 e. The normalized spacial score (nSPS) is 12.4. The van der Waals surface area contributed by atoms with Crippen LogP contribution in [0.1, 0.15) is 17.4 Å². The molecule has 1 aromatic heterocycles. The number of ether oxygens (including phenoxy) is 1. The van der Waals surface area contributed by atoms with Crippen molar-refractivity contribution in [2.75, 3.05) is 0 Å². The van der Waals surface area contributed by atoms with E-state index in [1.165, 1.54) is 0 Å². The van der Waals surface area contributed by atoms with Gasteiger partial charge in [-0.25, -0.2) is 0 Å². The zero-order valence-corrected chi connectivity index (χ0v) is 12.9. The molecule has 2 N–H and O–H groups in total. The van der Waals surface area contributed by atoms with E-state index in [1.807, 2.05) is 30.5 Å². The van der Waals surface area contributed by atoms with Gasteiger partial charge in [-0.05, 0) is 42.5 Å². The molecule has 5 heteroatoms. The Bertz CT molecular complexity index is 541. The van der Waals surface area contributed by atoms with Gasteiger partial charge in [-0.2, -0.15) is 0 Å². The number of hydrogen-bond acceptors (Lipinski definition) is 3. The van der Waals surface area contributed by atoms with Crippen LogP contribution in [0.3, 0.4) is 0 Å². The molecule has 0 fully saturated rings. The molecular weight excluding hydrogens is 301 g/mol. The first-order chi connectivity index (χ1) is 9.06. The van der Waals surface area contributed by atoms with Gasteiger partial charge < -0.3 is 10.5 Å². The third kappa shape index (κ3) is 4.11. The second kappa shape index (κ2) is 6.62. The highest BCUT2D eigenvalue weighted by Gasteiger charge is 2.12. The van der Waals surface area contributed by atoms with E-state index in [0.29, 0.717) is 28.8 Å². The van der Waals surface area contributed by atoms with Crippen LogP contribution in [0.4, 0.5) is 0 Å². The SMILES string of the molecule is CC(N)Cc1cc(Cl)cc(Cl)c1OCc1cccs1. The lowest BCUT2D eigenvalue weighted by Crippen LogP contribution is -2.18. The summed E-state index contributed by atoms with van der Waals surface area (Å²) in [6, 6.07) is 7.60. The minimum absolute atomic E-state index is 0.0265. The van der Waals surface area contributed by atoms with Gasteiger partial charge in [0.25, 0.3) is 0 Å². The van der Waals surface area contributed by atoms with Crippen LogP contribution in [0.2, 0.25) is 10.0 Å². The summed E-state index contributed by atoms with van der Waals surface area (Å²) in [5, 5.41) is 3.15. The van der Waals surface area contributed by atoms with E-state index in [0.717, 1.165) is 10.4 Å². The molecule has 0 saturated heterocycles. The Kier molecular flexibility index (Phi) is 5.11. The second-order valence-electron chi connectivity index (χ2n) is 4.43. The summed E-state index contributed by atoms with van der Waals surface area (Å²) in [6.07, 6.45) is 0.681. The quantitative estimate of drug-likeness (QED) is 0.880. The monoisotopic (exact) mass is 315 g/mol. The highest BCUT2D eigenvalue weighted by atomic mass is 35.5. The molecule has 0 spiro atoms. The highest BCUT2D eigenvalue weighted by Crippen LogP contribution is 2.34. The average Bonchev–Trinajstić information content (AvgIpc) is 2.79. The van der Waals surface area contributed by atoms with Crippen molar-refractivity contribution < 1.29 is 4.74 Å². The Balaban J connectivity index is 2.21. The predicted molar refractivity (Wildman–Crippen MR) is 82.5 cm³/mol. The van der Waals surface area contributed by atoms with Crippen molar-refractivity contribution in [3.63, 3.8) is 0 Å². The van der Waals surface area contributed by atoms with Gasteiger partial charge in [-0.3, -0.25) is 0 Å². The maximum Gasteiger partial charge on any atom is 0.141 e. The van der Waals surface area contributed by atoms with Crippen LogP contribution in [0.15, 0.2) is 29.6 Å². The summed E-state index contributed by atoms with van der Waals surface area (Å²) < 4.78 is 5.83. The predicted octanol–water partition coefficient (Wildman–Crippen LogP) is 4.52. The lowest BCUT2D eigenvalue weighted by molar-refractivity contribution is 0.306. The maximum absolute atomic E-state index is 6.21. The first kappa shape index (κ1) is 14.7. The van der Waals surface area contributed by atoms with E-state index >= 15 is 0 Å². The molecule has 2 rings (SSSR count). The van der Waals surface area contributed by atoms with Gasteiger partial charge >= 0.3 is 0 Å². The van der Waals surface area contributed by atoms with E-state index in [2.05, 4.69) is 0 Å². The van der Waals surface area contributed by atoms with Crippen LogP contribution in [0.5, 0.6) is 5.75 Å². The average molecular weight is 316 g/mol. The van der Waals surface area contributed by atoms with Crippen molar-refractivity contribution in [1.82, 2.24) is 0 Å². The van der Waals surface area contributed by atoms with Gasteiger partial charge in [0, 0.05) is 15.9 Å². The molecule has 1 unspecified atom stereocenters. The van der Waals surface area contributed by atoms with Gasteiger partial charge in [0.15, 0.2) is 0 Å². The van der Waals surface area contributed by atoms with Crippen LogP contribution < -0.4 is 10.5 Å². The van der Waals surface area contributed by atoms with Crippen LogP contribution in [-0.2, 0) is 13.0 Å². The van der Waals surface area contributed by atoms with Crippen LogP contribution in [0, 0.1) is 0 Å². The standard InChI is InChI=1S/C14H15Cl2NOS/c1-9(17)5-10-6-11(15)7-13(16)14(10)18-8-12-3-2-4-19-12/h2-4,6-7,9H,5,8,17H2,1H3. The molecule has 0 bridgehead atoms. The summed E-state index contributed by atoms with van der Waals surface area (Å²) in [4.78, 5) is 1.15. The van der Waals surface area contributed by atoms with Crippen molar-refractivity contribution in [1.29, 1.82) is 0 Å². The number of thiophene rings is 1. The summed E-state index contributed by atoms with van der Waals surface area (Å²) in [7, 11) is 0. The molecule has 2 aromatic rings. The Morgan fingerprint density at radius 1 is 1.37 bits per heavy atom. The molecule has 1 aromatic carbocycles. The maximum atomic E-state index is 6.21. The molecule has 2 nitrogen and oxygen atoms in total. The number of hydrogen-bond donors (Lipinski definition) is 1. The van der Waals surface area contributed by atoms with Crippen molar-refractivity contribution in [2.45, 2.75) is 26.0 Å². The van der Waals surface area contributed by atoms with Gasteiger partial charge in [0.2, 0.25) is 0 Å². The van der Waals surface area contributed by atoms with Crippen molar-refractivity contribution in [3.05, 3.63) is 50.1 Å². The zero-order valence-electron chi connectivity index (χ0n) is 10.5.